The molecule has 3 aliphatic rings. The molecule has 126 valence electrons. The van der Waals surface area contributed by atoms with Gasteiger partial charge in [-0.25, -0.2) is 0 Å². The van der Waals surface area contributed by atoms with Crippen LogP contribution < -0.4 is 0 Å². The van der Waals surface area contributed by atoms with Crippen LogP contribution in [-0.2, 0) is 4.79 Å². The second kappa shape index (κ2) is 7.03. The highest BCUT2D eigenvalue weighted by Crippen LogP contribution is 2.44. The summed E-state index contributed by atoms with van der Waals surface area (Å²) in [6.07, 6.45) is 18.7. The van der Waals surface area contributed by atoms with Crippen molar-refractivity contribution >= 4 is 5.91 Å². The number of hydrogen-bond acceptors (Lipinski definition) is 3. The highest BCUT2D eigenvalue weighted by molar-refractivity contribution is 5.76. The van der Waals surface area contributed by atoms with Crippen LogP contribution in [0, 0.1) is 17.8 Å². The third-order valence-electron chi connectivity index (χ3n) is 6.11. The molecule has 0 aromatic carbocycles. The molecule has 0 aromatic rings. The second-order valence-electron chi connectivity index (χ2n) is 7.68. The van der Waals surface area contributed by atoms with Crippen LogP contribution in [0.5, 0.6) is 0 Å². The van der Waals surface area contributed by atoms with Gasteiger partial charge in [0.25, 0.3) is 0 Å². The number of nitrogens with zero attached hydrogens (tertiary/aromatic N) is 3. The Kier molecular flexibility index (Phi) is 5.04. The van der Waals surface area contributed by atoms with Gasteiger partial charge in [-0.2, -0.15) is 10.2 Å². The average Bonchev–Trinajstić information content (AvgIpc) is 3.37. The summed E-state index contributed by atoms with van der Waals surface area (Å²) in [5.41, 5.74) is 0.223. The molecule has 2 aliphatic heterocycles. The SMILES string of the molecule is C#CCCC1(CCC(=O)N2CCCC3(CCCCC3)CC2)N=N1. The van der Waals surface area contributed by atoms with Crippen LogP contribution in [0.15, 0.2) is 10.2 Å². The molecule has 0 atom stereocenters. The topological polar surface area (TPSA) is 45.0 Å². The van der Waals surface area contributed by atoms with Crippen LogP contribution in [0.25, 0.3) is 0 Å². The fourth-order valence-electron chi connectivity index (χ4n) is 4.44. The molecule has 2 heterocycles. The van der Waals surface area contributed by atoms with E-state index in [-0.39, 0.29) is 11.6 Å². The molecule has 0 unspecified atom stereocenters. The molecule has 4 nitrogen and oxygen atoms in total. The average molecular weight is 315 g/mol. The van der Waals surface area contributed by atoms with Gasteiger partial charge in [0.2, 0.25) is 5.91 Å². The van der Waals surface area contributed by atoms with Crippen molar-refractivity contribution in [2.45, 2.75) is 82.7 Å². The number of likely N-dealkylation sites (tertiary alicyclic amines) is 1. The third-order valence-corrected chi connectivity index (χ3v) is 6.11. The summed E-state index contributed by atoms with van der Waals surface area (Å²) in [4.78, 5) is 14.7. The van der Waals surface area contributed by atoms with Gasteiger partial charge in [0.05, 0.1) is 0 Å². The van der Waals surface area contributed by atoms with E-state index in [0.29, 0.717) is 18.3 Å². The normalized spacial score (nSPS) is 24.9. The van der Waals surface area contributed by atoms with Crippen LogP contribution in [0.3, 0.4) is 0 Å². The Morgan fingerprint density at radius 1 is 1.00 bits per heavy atom. The lowest BCUT2D eigenvalue weighted by molar-refractivity contribution is -0.131. The van der Waals surface area contributed by atoms with Gasteiger partial charge in [-0.1, -0.05) is 19.3 Å². The van der Waals surface area contributed by atoms with Gasteiger partial charge in [-0.3, -0.25) is 4.79 Å². The summed E-state index contributed by atoms with van der Waals surface area (Å²) in [6, 6.07) is 0. The molecule has 1 saturated carbocycles. The summed E-state index contributed by atoms with van der Waals surface area (Å²) >= 11 is 0. The Morgan fingerprint density at radius 2 is 1.74 bits per heavy atom. The van der Waals surface area contributed by atoms with Crippen molar-refractivity contribution in [3.63, 3.8) is 0 Å². The van der Waals surface area contributed by atoms with E-state index >= 15 is 0 Å². The lowest BCUT2D eigenvalue weighted by Gasteiger charge is -2.36. The summed E-state index contributed by atoms with van der Waals surface area (Å²) < 4.78 is 0. The van der Waals surface area contributed by atoms with Crippen molar-refractivity contribution in [3.8, 4) is 12.3 Å². The zero-order valence-electron chi connectivity index (χ0n) is 14.2. The first-order valence-electron chi connectivity index (χ1n) is 9.32. The van der Waals surface area contributed by atoms with Crippen LogP contribution in [0.1, 0.15) is 77.0 Å². The maximum absolute atomic E-state index is 12.6. The lowest BCUT2D eigenvalue weighted by atomic mass is 9.69. The van der Waals surface area contributed by atoms with Gasteiger partial charge in [0.1, 0.15) is 0 Å². The smallest absolute Gasteiger partial charge is 0.222 e. The van der Waals surface area contributed by atoms with Crippen molar-refractivity contribution in [1.29, 1.82) is 0 Å². The first-order chi connectivity index (χ1) is 11.2. The third kappa shape index (κ3) is 4.13. The Morgan fingerprint density at radius 3 is 2.43 bits per heavy atom. The van der Waals surface area contributed by atoms with Crippen molar-refractivity contribution in [1.82, 2.24) is 4.90 Å². The molecule has 0 bridgehead atoms. The fraction of sp³-hybridized carbons (Fsp3) is 0.842. The number of rotatable bonds is 5. The Hall–Kier alpha value is -1.37. The predicted molar refractivity (Wildman–Crippen MR) is 90.8 cm³/mol. The molecule has 0 aromatic heterocycles. The van der Waals surface area contributed by atoms with E-state index in [1.807, 2.05) is 0 Å². The first-order valence-corrected chi connectivity index (χ1v) is 9.32. The van der Waals surface area contributed by atoms with Crippen molar-refractivity contribution in [2.24, 2.45) is 15.6 Å². The summed E-state index contributed by atoms with van der Waals surface area (Å²) in [5.74, 6) is 2.93. The van der Waals surface area contributed by atoms with Gasteiger partial charge < -0.3 is 4.90 Å². The number of terminal acetylenes is 1. The Balaban J connectivity index is 1.46. The molecule has 1 spiro atoms. The zero-order valence-corrected chi connectivity index (χ0v) is 14.2. The van der Waals surface area contributed by atoms with Gasteiger partial charge >= 0.3 is 0 Å². The first kappa shape index (κ1) is 16.5. The van der Waals surface area contributed by atoms with Crippen LogP contribution in [0.4, 0.5) is 0 Å². The minimum atomic E-state index is -0.321. The molecule has 0 radical (unpaired) electrons. The highest BCUT2D eigenvalue weighted by Gasteiger charge is 2.40. The maximum atomic E-state index is 12.6. The minimum absolute atomic E-state index is 0.287. The van der Waals surface area contributed by atoms with Gasteiger partial charge in [-0.15, -0.1) is 12.3 Å². The van der Waals surface area contributed by atoms with E-state index in [4.69, 9.17) is 6.42 Å². The quantitative estimate of drug-likeness (QED) is 0.697. The van der Waals surface area contributed by atoms with Crippen LogP contribution in [-0.4, -0.2) is 29.6 Å². The van der Waals surface area contributed by atoms with Gasteiger partial charge in [-0.05, 0) is 37.5 Å². The molecular weight excluding hydrogens is 286 g/mol. The molecule has 4 heteroatoms. The van der Waals surface area contributed by atoms with E-state index in [1.165, 1.54) is 51.4 Å². The lowest BCUT2D eigenvalue weighted by Crippen LogP contribution is -2.33. The largest absolute Gasteiger partial charge is 0.343 e. The zero-order chi connectivity index (χ0) is 16.2. The van der Waals surface area contributed by atoms with Crippen LogP contribution in [0.2, 0.25) is 0 Å². The Bertz CT molecular complexity index is 493. The fourth-order valence-corrected chi connectivity index (χ4v) is 4.44. The molecular formula is C19H29N3O. The van der Waals surface area contributed by atoms with E-state index in [1.54, 1.807) is 0 Å². The van der Waals surface area contributed by atoms with E-state index in [0.717, 1.165) is 25.9 Å². The monoisotopic (exact) mass is 315 g/mol. The molecule has 23 heavy (non-hydrogen) atoms. The molecule has 1 saturated heterocycles. The van der Waals surface area contributed by atoms with Crippen molar-refractivity contribution < 1.29 is 4.79 Å². The Labute approximate surface area is 140 Å². The van der Waals surface area contributed by atoms with E-state index < -0.39 is 0 Å². The summed E-state index contributed by atoms with van der Waals surface area (Å²) in [6.45, 7) is 1.89. The van der Waals surface area contributed by atoms with Gasteiger partial charge in [0, 0.05) is 38.8 Å². The second-order valence-corrected chi connectivity index (χ2v) is 7.68. The van der Waals surface area contributed by atoms with Crippen LogP contribution >= 0.6 is 0 Å². The molecule has 0 N–H and O–H groups in total. The number of hydrogen-bond donors (Lipinski definition) is 0. The molecule has 3 rings (SSSR count). The summed E-state index contributed by atoms with van der Waals surface area (Å²) in [7, 11) is 0. The minimum Gasteiger partial charge on any atom is -0.343 e. The number of amides is 1. The van der Waals surface area contributed by atoms with Gasteiger partial charge in [0.15, 0.2) is 5.66 Å². The molecule has 1 aliphatic carbocycles. The van der Waals surface area contributed by atoms with Crippen molar-refractivity contribution in [2.75, 3.05) is 13.1 Å². The standard InChI is InChI=1S/C19H29N3O/c1-2-3-12-19(20-21-19)13-8-17(23)22-15-7-11-18(14-16-22)9-5-4-6-10-18/h1H,3-16H2. The number of carbonyl (C=O) groups is 1. The molecule has 2 fully saturated rings. The highest BCUT2D eigenvalue weighted by atomic mass is 16.2. The number of carbonyl (C=O) groups excluding carboxylic acids is 1. The maximum Gasteiger partial charge on any atom is 0.222 e. The molecule has 1 amide bonds. The predicted octanol–water partition coefficient (Wildman–Crippen LogP) is 4.31. The van der Waals surface area contributed by atoms with E-state index in [9.17, 15) is 4.79 Å². The van der Waals surface area contributed by atoms with E-state index in [2.05, 4.69) is 21.0 Å². The summed E-state index contributed by atoms with van der Waals surface area (Å²) in [5, 5.41) is 8.27. The van der Waals surface area contributed by atoms with Crippen molar-refractivity contribution in [3.05, 3.63) is 0 Å².